The molecule has 0 fully saturated rings. The molecule has 0 bridgehead atoms. The second kappa shape index (κ2) is 10.2. The highest BCUT2D eigenvalue weighted by Crippen LogP contribution is 2.41. The summed E-state index contributed by atoms with van der Waals surface area (Å²) in [6.07, 6.45) is 0. The van der Waals surface area contributed by atoms with E-state index in [9.17, 15) is 0 Å². The van der Waals surface area contributed by atoms with Crippen molar-refractivity contribution < 1.29 is 4.42 Å². The van der Waals surface area contributed by atoms with Crippen LogP contribution >= 0.6 is 0 Å². The zero-order chi connectivity index (χ0) is 29.7. The van der Waals surface area contributed by atoms with E-state index in [4.69, 9.17) is 19.4 Å². The number of hydrogen-bond acceptors (Lipinski definition) is 4. The van der Waals surface area contributed by atoms with E-state index < -0.39 is 0 Å². The van der Waals surface area contributed by atoms with Crippen LogP contribution in [-0.2, 0) is 0 Å². The van der Waals surface area contributed by atoms with Gasteiger partial charge in [-0.2, -0.15) is 0 Å². The Balaban J connectivity index is 1.26. The first-order chi connectivity index (χ1) is 22.3. The number of rotatable bonds is 4. The molecule has 7 aromatic carbocycles. The van der Waals surface area contributed by atoms with Crippen molar-refractivity contribution in [3.63, 3.8) is 0 Å². The largest absolute Gasteiger partial charge is 0.456 e. The molecule has 0 aliphatic carbocycles. The summed E-state index contributed by atoms with van der Waals surface area (Å²) in [5.41, 5.74) is 6.75. The molecule has 210 valence electrons. The molecule has 2 heterocycles. The Labute approximate surface area is 259 Å². The molecule has 0 spiro atoms. The van der Waals surface area contributed by atoms with E-state index in [1.54, 1.807) is 0 Å². The Morgan fingerprint density at radius 3 is 1.78 bits per heavy atom. The Morgan fingerprint density at radius 1 is 0.356 bits per heavy atom. The predicted molar refractivity (Wildman–Crippen MR) is 184 cm³/mol. The first kappa shape index (κ1) is 25.4. The van der Waals surface area contributed by atoms with Crippen LogP contribution < -0.4 is 0 Å². The molecule has 4 heteroatoms. The highest BCUT2D eigenvalue weighted by molar-refractivity contribution is 6.22. The van der Waals surface area contributed by atoms with Gasteiger partial charge in [0.15, 0.2) is 17.5 Å². The molecule has 0 N–H and O–H groups in total. The molecule has 0 atom stereocenters. The van der Waals surface area contributed by atoms with Gasteiger partial charge in [0.2, 0.25) is 0 Å². The topological polar surface area (TPSA) is 51.8 Å². The van der Waals surface area contributed by atoms with Crippen LogP contribution in [0.4, 0.5) is 0 Å². The molecular formula is C41H25N3O. The number of fused-ring (bicyclic) bond motifs is 6. The van der Waals surface area contributed by atoms with Crippen molar-refractivity contribution >= 4 is 43.5 Å². The van der Waals surface area contributed by atoms with Crippen LogP contribution in [0.25, 0.3) is 88.8 Å². The number of aromatic nitrogens is 3. The molecule has 0 unspecified atom stereocenters. The van der Waals surface area contributed by atoms with E-state index >= 15 is 0 Å². The summed E-state index contributed by atoms with van der Waals surface area (Å²) in [5, 5.41) is 6.80. The standard InChI is InChI=1S/C41H25N3O/c1-3-12-27(13-4-1)35-25-37-38(32-20-10-9-19-31(32)35)34-23-22-29(24-36(34)45-37)40-42-39(28-15-5-2-6-16-28)43-41(44-40)33-21-11-17-26-14-7-8-18-30(26)33/h1-25H. The first-order valence-corrected chi connectivity index (χ1v) is 15.0. The van der Waals surface area contributed by atoms with Gasteiger partial charge in [-0.15, -0.1) is 0 Å². The second-order valence-electron chi connectivity index (χ2n) is 11.2. The van der Waals surface area contributed by atoms with E-state index in [0.29, 0.717) is 17.5 Å². The summed E-state index contributed by atoms with van der Waals surface area (Å²) in [6, 6.07) is 52.1. The van der Waals surface area contributed by atoms with Crippen molar-refractivity contribution in [2.24, 2.45) is 0 Å². The van der Waals surface area contributed by atoms with Gasteiger partial charge < -0.3 is 4.42 Å². The minimum Gasteiger partial charge on any atom is -0.456 e. The highest BCUT2D eigenvalue weighted by atomic mass is 16.3. The maximum absolute atomic E-state index is 6.60. The summed E-state index contributed by atoms with van der Waals surface area (Å²) >= 11 is 0. The van der Waals surface area contributed by atoms with E-state index in [2.05, 4.69) is 115 Å². The number of hydrogen-bond donors (Lipinski definition) is 0. The lowest BCUT2D eigenvalue weighted by atomic mass is 9.95. The molecule has 9 rings (SSSR count). The van der Waals surface area contributed by atoms with E-state index in [0.717, 1.165) is 60.5 Å². The van der Waals surface area contributed by atoms with Crippen molar-refractivity contribution in [2.45, 2.75) is 0 Å². The average Bonchev–Trinajstić information content (AvgIpc) is 3.49. The fraction of sp³-hybridized carbons (Fsp3) is 0. The van der Waals surface area contributed by atoms with Gasteiger partial charge in [-0.05, 0) is 50.9 Å². The van der Waals surface area contributed by atoms with E-state index in [-0.39, 0.29) is 0 Å². The molecule has 45 heavy (non-hydrogen) atoms. The summed E-state index contributed by atoms with van der Waals surface area (Å²) in [5.74, 6) is 1.87. The second-order valence-corrected chi connectivity index (χ2v) is 11.2. The van der Waals surface area contributed by atoms with Gasteiger partial charge in [0.1, 0.15) is 11.2 Å². The summed E-state index contributed by atoms with van der Waals surface area (Å²) < 4.78 is 6.60. The van der Waals surface area contributed by atoms with Crippen molar-refractivity contribution in [2.75, 3.05) is 0 Å². The Morgan fingerprint density at radius 2 is 0.978 bits per heavy atom. The number of benzene rings is 7. The zero-order valence-corrected chi connectivity index (χ0v) is 24.2. The molecule has 9 aromatic rings. The SMILES string of the molecule is c1ccc(-c2nc(-c3ccc4c(c3)oc3cc(-c5ccccc5)c5ccccc5c34)nc(-c3cccc4ccccc34)n2)cc1. The molecule has 0 aliphatic rings. The Kier molecular flexibility index (Phi) is 5.78. The molecule has 0 radical (unpaired) electrons. The third kappa shape index (κ3) is 4.27. The van der Waals surface area contributed by atoms with Crippen LogP contribution in [0, 0.1) is 0 Å². The Hall–Kier alpha value is -6.13. The third-order valence-corrected chi connectivity index (χ3v) is 8.52. The van der Waals surface area contributed by atoms with Gasteiger partial charge in [0.25, 0.3) is 0 Å². The van der Waals surface area contributed by atoms with Crippen LogP contribution in [-0.4, -0.2) is 15.0 Å². The van der Waals surface area contributed by atoms with Crippen molar-refractivity contribution in [3.05, 3.63) is 152 Å². The van der Waals surface area contributed by atoms with Gasteiger partial charge in [0, 0.05) is 27.5 Å². The normalized spacial score (nSPS) is 11.6. The molecule has 0 aliphatic heterocycles. The molecule has 4 nitrogen and oxygen atoms in total. The van der Waals surface area contributed by atoms with Crippen molar-refractivity contribution in [1.29, 1.82) is 0 Å². The highest BCUT2D eigenvalue weighted by Gasteiger charge is 2.18. The van der Waals surface area contributed by atoms with Crippen LogP contribution in [0.2, 0.25) is 0 Å². The van der Waals surface area contributed by atoms with Crippen LogP contribution in [0.15, 0.2) is 156 Å². The summed E-state index contributed by atoms with van der Waals surface area (Å²) in [7, 11) is 0. The molecule has 2 aromatic heterocycles. The fourth-order valence-electron chi connectivity index (χ4n) is 6.40. The lowest BCUT2D eigenvalue weighted by Crippen LogP contribution is -2.00. The minimum atomic E-state index is 0.601. The maximum Gasteiger partial charge on any atom is 0.164 e. The van der Waals surface area contributed by atoms with Gasteiger partial charge in [0.05, 0.1) is 0 Å². The molecular weight excluding hydrogens is 550 g/mol. The lowest BCUT2D eigenvalue weighted by molar-refractivity contribution is 0.669. The van der Waals surface area contributed by atoms with Crippen LogP contribution in [0.5, 0.6) is 0 Å². The smallest absolute Gasteiger partial charge is 0.164 e. The quantitative estimate of drug-likeness (QED) is 0.209. The monoisotopic (exact) mass is 575 g/mol. The summed E-state index contributed by atoms with van der Waals surface area (Å²) in [4.78, 5) is 15.0. The van der Waals surface area contributed by atoms with Gasteiger partial charge in [-0.3, -0.25) is 0 Å². The fourth-order valence-corrected chi connectivity index (χ4v) is 6.40. The summed E-state index contributed by atoms with van der Waals surface area (Å²) in [6.45, 7) is 0. The van der Waals surface area contributed by atoms with E-state index in [1.165, 1.54) is 10.8 Å². The van der Waals surface area contributed by atoms with Crippen molar-refractivity contribution in [3.8, 4) is 45.3 Å². The maximum atomic E-state index is 6.60. The third-order valence-electron chi connectivity index (χ3n) is 8.52. The number of furan rings is 1. The minimum absolute atomic E-state index is 0.601. The first-order valence-electron chi connectivity index (χ1n) is 15.0. The van der Waals surface area contributed by atoms with Crippen LogP contribution in [0.3, 0.4) is 0 Å². The molecule has 0 saturated heterocycles. The molecule has 0 saturated carbocycles. The van der Waals surface area contributed by atoms with Gasteiger partial charge >= 0.3 is 0 Å². The van der Waals surface area contributed by atoms with Gasteiger partial charge in [-0.25, -0.2) is 15.0 Å². The zero-order valence-electron chi connectivity index (χ0n) is 24.2. The van der Waals surface area contributed by atoms with E-state index in [1.807, 2.05) is 36.4 Å². The predicted octanol–water partition coefficient (Wildman–Crippen LogP) is 10.7. The number of nitrogens with zero attached hydrogens (tertiary/aromatic N) is 3. The Bertz CT molecular complexity index is 2530. The average molecular weight is 576 g/mol. The lowest BCUT2D eigenvalue weighted by Gasteiger charge is -2.10. The molecule has 0 amide bonds. The van der Waals surface area contributed by atoms with Crippen molar-refractivity contribution in [1.82, 2.24) is 15.0 Å². The van der Waals surface area contributed by atoms with Gasteiger partial charge in [-0.1, -0.05) is 133 Å². The van der Waals surface area contributed by atoms with Crippen LogP contribution in [0.1, 0.15) is 0 Å².